The minimum Gasteiger partial charge on any atom is -0.341 e. The zero-order valence-corrected chi connectivity index (χ0v) is 17.9. The van der Waals surface area contributed by atoms with Crippen molar-refractivity contribution in [1.82, 2.24) is 19.6 Å². The Labute approximate surface area is 174 Å². The number of likely N-dealkylation sites (tertiary alicyclic amines) is 2. The van der Waals surface area contributed by atoms with Crippen LogP contribution in [0.15, 0.2) is 0 Å². The largest absolute Gasteiger partial charge is 0.341 e. The summed E-state index contributed by atoms with van der Waals surface area (Å²) in [7, 11) is 0. The van der Waals surface area contributed by atoms with Crippen LogP contribution in [0.4, 0.5) is 0 Å². The lowest BCUT2D eigenvalue weighted by Gasteiger charge is -2.40. The predicted molar refractivity (Wildman–Crippen MR) is 110 cm³/mol. The molecule has 0 N–H and O–H groups in total. The Morgan fingerprint density at radius 1 is 0.862 bits per heavy atom. The van der Waals surface area contributed by atoms with E-state index in [9.17, 15) is 14.4 Å². The van der Waals surface area contributed by atoms with Crippen molar-refractivity contribution in [2.75, 3.05) is 45.8 Å². The van der Waals surface area contributed by atoms with Gasteiger partial charge in [0.1, 0.15) is 0 Å². The van der Waals surface area contributed by atoms with Crippen LogP contribution >= 0.6 is 0 Å². The fourth-order valence-electron chi connectivity index (χ4n) is 5.59. The average Bonchev–Trinajstić information content (AvgIpc) is 3.42. The molecule has 0 aromatic heterocycles. The molecule has 162 valence electrons. The monoisotopic (exact) mass is 404 g/mol. The Balaban J connectivity index is 1.26. The lowest BCUT2D eigenvalue weighted by Crippen LogP contribution is -2.56. The molecule has 0 radical (unpaired) electrons. The predicted octanol–water partition coefficient (Wildman–Crippen LogP) is 1.32. The second-order valence-electron chi connectivity index (χ2n) is 9.31. The minimum absolute atomic E-state index is 0.115. The van der Waals surface area contributed by atoms with Crippen LogP contribution in [-0.4, -0.2) is 95.2 Å². The number of carbonyl (C=O) groups excluding carboxylic acids is 3. The second kappa shape index (κ2) is 9.02. The maximum atomic E-state index is 13.0. The van der Waals surface area contributed by atoms with Crippen LogP contribution in [0.3, 0.4) is 0 Å². The molecule has 0 aromatic carbocycles. The molecule has 0 spiro atoms. The molecule has 7 nitrogen and oxygen atoms in total. The second-order valence-corrected chi connectivity index (χ2v) is 9.31. The van der Waals surface area contributed by atoms with Crippen molar-refractivity contribution < 1.29 is 14.4 Å². The van der Waals surface area contributed by atoms with Gasteiger partial charge in [0, 0.05) is 58.3 Å². The summed E-state index contributed by atoms with van der Waals surface area (Å²) in [5, 5.41) is 0. The third kappa shape index (κ3) is 4.44. The lowest BCUT2D eigenvalue weighted by molar-refractivity contribution is -0.141. The van der Waals surface area contributed by atoms with E-state index in [2.05, 4.69) is 4.90 Å². The molecule has 0 bridgehead atoms. The molecule has 3 saturated heterocycles. The molecule has 0 aromatic rings. The Morgan fingerprint density at radius 3 is 2.17 bits per heavy atom. The summed E-state index contributed by atoms with van der Waals surface area (Å²) in [6.07, 6.45) is 8.40. The van der Waals surface area contributed by atoms with E-state index in [0.29, 0.717) is 32.1 Å². The maximum Gasteiger partial charge on any atom is 0.239 e. The quantitative estimate of drug-likeness (QED) is 0.709. The molecule has 4 rings (SSSR count). The number of carbonyl (C=O) groups is 3. The van der Waals surface area contributed by atoms with Gasteiger partial charge in [0.2, 0.25) is 17.7 Å². The van der Waals surface area contributed by atoms with Gasteiger partial charge in [0.05, 0.1) is 12.0 Å². The van der Waals surface area contributed by atoms with Crippen molar-refractivity contribution in [3.8, 4) is 0 Å². The van der Waals surface area contributed by atoms with E-state index in [1.54, 1.807) is 0 Å². The number of piperidine rings is 1. The van der Waals surface area contributed by atoms with E-state index in [4.69, 9.17) is 0 Å². The highest BCUT2D eigenvalue weighted by atomic mass is 16.2. The molecule has 1 saturated carbocycles. The number of hydrogen-bond donors (Lipinski definition) is 0. The summed E-state index contributed by atoms with van der Waals surface area (Å²) in [5.74, 6) is 0.350. The van der Waals surface area contributed by atoms with Gasteiger partial charge < -0.3 is 14.7 Å². The van der Waals surface area contributed by atoms with Gasteiger partial charge in [0.25, 0.3) is 0 Å². The SMILES string of the molecule is CC(C(=O)N1CCCCC1)N1CCN(C(=O)C2CC(=O)N(C3CCCC3)C2)CC1. The Morgan fingerprint density at radius 2 is 1.52 bits per heavy atom. The molecule has 2 unspecified atom stereocenters. The van der Waals surface area contributed by atoms with Crippen molar-refractivity contribution >= 4 is 17.7 Å². The van der Waals surface area contributed by atoms with Crippen molar-refractivity contribution in [3.63, 3.8) is 0 Å². The van der Waals surface area contributed by atoms with Gasteiger partial charge in [0.15, 0.2) is 0 Å². The van der Waals surface area contributed by atoms with Crippen LogP contribution in [0.25, 0.3) is 0 Å². The minimum atomic E-state index is -0.179. The summed E-state index contributed by atoms with van der Waals surface area (Å²) in [4.78, 5) is 46.3. The number of amides is 3. The Kier molecular flexibility index (Phi) is 6.42. The standard InChI is InChI=1S/C22H36N4O3/c1-17(21(28)24-9-5-2-6-10-24)23-11-13-25(14-12-23)22(29)18-15-20(27)26(16-18)19-7-3-4-8-19/h17-19H,2-16H2,1H3. The number of rotatable bonds is 4. The highest BCUT2D eigenvalue weighted by Gasteiger charge is 2.41. The van der Waals surface area contributed by atoms with Crippen LogP contribution in [0, 0.1) is 5.92 Å². The number of piperazine rings is 1. The van der Waals surface area contributed by atoms with Crippen LogP contribution < -0.4 is 0 Å². The van der Waals surface area contributed by atoms with Gasteiger partial charge >= 0.3 is 0 Å². The van der Waals surface area contributed by atoms with Crippen molar-refractivity contribution in [2.45, 2.75) is 70.4 Å². The van der Waals surface area contributed by atoms with E-state index < -0.39 is 0 Å². The molecule has 1 aliphatic carbocycles. The smallest absolute Gasteiger partial charge is 0.239 e. The van der Waals surface area contributed by atoms with E-state index in [1.165, 1.54) is 19.3 Å². The normalized spacial score (nSPS) is 28.2. The van der Waals surface area contributed by atoms with Gasteiger partial charge in [-0.25, -0.2) is 0 Å². The molecule has 4 fully saturated rings. The topological polar surface area (TPSA) is 64.2 Å². The molecule has 7 heteroatoms. The van der Waals surface area contributed by atoms with E-state index >= 15 is 0 Å². The lowest BCUT2D eigenvalue weighted by atomic mass is 10.1. The fourth-order valence-corrected chi connectivity index (χ4v) is 5.59. The first-order valence-corrected chi connectivity index (χ1v) is 11.7. The molecule has 3 aliphatic heterocycles. The molecule has 2 atom stereocenters. The number of nitrogens with zero attached hydrogens (tertiary/aromatic N) is 4. The van der Waals surface area contributed by atoms with Crippen LogP contribution in [-0.2, 0) is 14.4 Å². The maximum absolute atomic E-state index is 13.0. The van der Waals surface area contributed by atoms with Crippen molar-refractivity contribution in [2.24, 2.45) is 5.92 Å². The van der Waals surface area contributed by atoms with E-state index in [0.717, 1.165) is 51.9 Å². The third-order valence-corrected chi connectivity index (χ3v) is 7.47. The molecule has 3 heterocycles. The van der Waals surface area contributed by atoms with Gasteiger partial charge in [-0.15, -0.1) is 0 Å². The van der Waals surface area contributed by atoms with Crippen molar-refractivity contribution in [1.29, 1.82) is 0 Å². The summed E-state index contributed by atoms with van der Waals surface area (Å²) in [6.45, 7) is 7.16. The molecule has 29 heavy (non-hydrogen) atoms. The third-order valence-electron chi connectivity index (χ3n) is 7.47. The highest BCUT2D eigenvalue weighted by Crippen LogP contribution is 2.30. The summed E-state index contributed by atoms with van der Waals surface area (Å²) >= 11 is 0. The van der Waals surface area contributed by atoms with Crippen LogP contribution in [0.5, 0.6) is 0 Å². The van der Waals surface area contributed by atoms with Crippen LogP contribution in [0.2, 0.25) is 0 Å². The average molecular weight is 405 g/mol. The van der Waals surface area contributed by atoms with Crippen LogP contribution in [0.1, 0.15) is 58.3 Å². The molecule has 4 aliphatic rings. The van der Waals surface area contributed by atoms with Gasteiger partial charge in [-0.05, 0) is 39.0 Å². The van der Waals surface area contributed by atoms with E-state index in [-0.39, 0.29) is 29.7 Å². The first-order chi connectivity index (χ1) is 14.0. The number of hydrogen-bond acceptors (Lipinski definition) is 4. The summed E-state index contributed by atoms with van der Waals surface area (Å²) < 4.78 is 0. The first kappa shape index (κ1) is 20.6. The summed E-state index contributed by atoms with van der Waals surface area (Å²) in [6, 6.07) is 0.245. The molecule has 3 amide bonds. The van der Waals surface area contributed by atoms with Crippen molar-refractivity contribution in [3.05, 3.63) is 0 Å². The summed E-state index contributed by atoms with van der Waals surface area (Å²) in [5.41, 5.74) is 0. The molecular weight excluding hydrogens is 368 g/mol. The highest BCUT2D eigenvalue weighted by molar-refractivity contribution is 5.89. The van der Waals surface area contributed by atoms with Gasteiger partial charge in [-0.2, -0.15) is 0 Å². The Bertz CT molecular complexity index is 620. The van der Waals surface area contributed by atoms with Gasteiger partial charge in [-0.1, -0.05) is 12.8 Å². The van der Waals surface area contributed by atoms with Gasteiger partial charge in [-0.3, -0.25) is 19.3 Å². The zero-order chi connectivity index (χ0) is 20.4. The fraction of sp³-hybridized carbons (Fsp3) is 0.864. The van der Waals surface area contributed by atoms with E-state index in [1.807, 2.05) is 21.6 Å². The Hall–Kier alpha value is -1.63. The molecular formula is C22H36N4O3. The zero-order valence-electron chi connectivity index (χ0n) is 17.9. The first-order valence-electron chi connectivity index (χ1n) is 11.7.